The Kier molecular flexibility index (Phi) is 11.5. The van der Waals surface area contributed by atoms with Gasteiger partial charge in [-0.05, 0) is 130 Å². The average Bonchev–Trinajstić information content (AvgIpc) is 3.42. The van der Waals surface area contributed by atoms with E-state index in [1.165, 1.54) is 6.92 Å². The number of esters is 2. The van der Waals surface area contributed by atoms with Gasteiger partial charge in [-0.1, -0.05) is 32.4 Å². The van der Waals surface area contributed by atoms with Gasteiger partial charge in [-0.25, -0.2) is 0 Å². The van der Waals surface area contributed by atoms with Crippen LogP contribution in [-0.2, 0) is 23.9 Å². The van der Waals surface area contributed by atoms with Crippen LogP contribution in [0.25, 0.3) is 10.9 Å². The number of Topliss-reactive ketones (excluding diaryl/α,β-unsaturated/α-hetero) is 1. The summed E-state index contributed by atoms with van der Waals surface area (Å²) in [5.41, 5.74) is 1.81. The molecule has 9 heteroatoms. The third kappa shape index (κ3) is 7.44. The first-order valence-corrected chi connectivity index (χ1v) is 19.6. The molecule has 4 saturated carbocycles. The van der Waals surface area contributed by atoms with Crippen LogP contribution in [0, 0.1) is 46.3 Å². The first-order valence-electron chi connectivity index (χ1n) is 19.3. The largest absolute Gasteiger partial charge is 0.462 e. The Morgan fingerprint density at radius 3 is 2.54 bits per heavy atom. The molecule has 2 N–H and O–H groups in total. The number of aromatic nitrogens is 1. The monoisotopic (exact) mass is 707 g/mol. The molecule has 1 heterocycles. The predicted molar refractivity (Wildman–Crippen MR) is 198 cm³/mol. The summed E-state index contributed by atoms with van der Waals surface area (Å²) in [5.74, 6) is 1.81. The average molecular weight is 708 g/mol. The fourth-order valence-corrected chi connectivity index (χ4v) is 11.5. The van der Waals surface area contributed by atoms with Gasteiger partial charge in [0.1, 0.15) is 18.0 Å². The molecule has 0 radical (unpaired) electrons. The number of ketones is 1. The van der Waals surface area contributed by atoms with Crippen molar-refractivity contribution < 1.29 is 23.9 Å². The molecular formula is C41H58ClN3O5. The second kappa shape index (κ2) is 15.5. The minimum Gasteiger partial charge on any atom is -0.462 e. The number of fused-ring (bicyclic) bond motifs is 6. The second-order valence-corrected chi connectivity index (χ2v) is 17.0. The zero-order valence-electron chi connectivity index (χ0n) is 30.8. The van der Waals surface area contributed by atoms with Gasteiger partial charge in [-0.15, -0.1) is 0 Å². The zero-order valence-corrected chi connectivity index (χ0v) is 31.5. The predicted octanol–water partition coefficient (Wildman–Crippen LogP) is 8.40. The molecule has 4 fully saturated rings. The van der Waals surface area contributed by atoms with Crippen molar-refractivity contribution in [2.24, 2.45) is 46.3 Å². The molecule has 1 aromatic carbocycles. The third-order valence-electron chi connectivity index (χ3n) is 13.7. The maximum absolute atomic E-state index is 12.6. The Morgan fingerprint density at radius 1 is 1.00 bits per heavy atom. The molecule has 4 aliphatic rings. The molecule has 4 aliphatic carbocycles. The number of unbranched alkanes of at least 4 members (excludes halogenated alkanes) is 1. The summed E-state index contributed by atoms with van der Waals surface area (Å²) in [4.78, 5) is 42.1. The van der Waals surface area contributed by atoms with Gasteiger partial charge in [-0.3, -0.25) is 19.4 Å². The summed E-state index contributed by atoms with van der Waals surface area (Å²) < 4.78 is 12.5. The number of nitrogens with one attached hydrogen (secondary N) is 2. The molecule has 8 nitrogen and oxygen atoms in total. The van der Waals surface area contributed by atoms with Crippen molar-refractivity contribution in [1.82, 2.24) is 10.3 Å². The van der Waals surface area contributed by atoms with Gasteiger partial charge in [0.25, 0.3) is 0 Å². The number of anilines is 1. The number of carbonyl (C=O) groups excluding carboxylic acids is 3. The lowest BCUT2D eigenvalue weighted by Gasteiger charge is -2.63. The molecule has 6 rings (SSSR count). The number of nitrogens with zero attached hydrogens (tertiary/aromatic N) is 1. The van der Waals surface area contributed by atoms with Crippen LogP contribution in [0.4, 0.5) is 5.69 Å². The normalized spacial score (nSPS) is 34.0. The number of halogens is 1. The van der Waals surface area contributed by atoms with Crippen LogP contribution in [0.1, 0.15) is 105 Å². The zero-order chi connectivity index (χ0) is 35.6. The van der Waals surface area contributed by atoms with E-state index in [4.69, 9.17) is 21.1 Å². The summed E-state index contributed by atoms with van der Waals surface area (Å²) in [6.45, 7) is 13.1. The van der Waals surface area contributed by atoms with E-state index >= 15 is 0 Å². The van der Waals surface area contributed by atoms with Crippen molar-refractivity contribution in [3.63, 3.8) is 0 Å². The van der Waals surface area contributed by atoms with E-state index in [9.17, 15) is 14.4 Å². The summed E-state index contributed by atoms with van der Waals surface area (Å²) in [6, 6.07) is 7.85. The molecule has 274 valence electrons. The summed E-state index contributed by atoms with van der Waals surface area (Å²) in [5, 5.41) is 9.02. The summed E-state index contributed by atoms with van der Waals surface area (Å²) in [7, 11) is 0. The van der Waals surface area contributed by atoms with E-state index in [0.29, 0.717) is 41.4 Å². The molecule has 0 amide bonds. The Hall–Kier alpha value is -2.71. The van der Waals surface area contributed by atoms with Crippen LogP contribution in [0.2, 0.25) is 5.02 Å². The fraction of sp³-hybridized carbons (Fsp3) is 0.707. The van der Waals surface area contributed by atoms with Crippen LogP contribution >= 0.6 is 11.6 Å². The Bertz CT molecular complexity index is 1550. The van der Waals surface area contributed by atoms with E-state index in [0.717, 1.165) is 94.0 Å². The van der Waals surface area contributed by atoms with Gasteiger partial charge < -0.3 is 20.1 Å². The molecular weight excluding hydrogens is 650 g/mol. The number of hydrogen-bond acceptors (Lipinski definition) is 8. The van der Waals surface area contributed by atoms with Crippen molar-refractivity contribution in [3.05, 3.63) is 35.5 Å². The highest BCUT2D eigenvalue weighted by Gasteiger charge is 2.67. The maximum atomic E-state index is 12.6. The molecule has 4 unspecified atom stereocenters. The molecule has 0 saturated heterocycles. The van der Waals surface area contributed by atoms with Gasteiger partial charge in [0.05, 0.1) is 5.52 Å². The molecule has 0 spiro atoms. The first-order chi connectivity index (χ1) is 23.9. The molecule has 50 heavy (non-hydrogen) atoms. The standard InChI is InChI=1S/C41H58ClN3O5/c1-25(9-8-18-43-17-6-7-19-44-35-15-20-45-36-23-29(42)10-11-31(35)36)32-12-13-33-39-34(24-38(41(32,33)5)50-27(3)47)40(4)16-14-30(48)21-28(40)22-37(39)49-26(2)46/h10-11,15,20,23,25,28,32-34,37-39,43H,6-9,12-14,16-19,21-22,24H2,1-5H3,(H,44,45)/t25?,28-,32+,33?,34?,37+,38-,39?,40-,41+/m0/s1. The smallest absolute Gasteiger partial charge is 0.302 e. The lowest BCUT2D eigenvalue weighted by atomic mass is 9.43. The highest BCUT2D eigenvalue weighted by Crippen LogP contribution is 2.69. The van der Waals surface area contributed by atoms with Crippen LogP contribution in [0.3, 0.4) is 0 Å². The van der Waals surface area contributed by atoms with Crippen molar-refractivity contribution >= 4 is 45.9 Å². The Labute approximate surface area is 303 Å². The maximum Gasteiger partial charge on any atom is 0.302 e. The fourth-order valence-electron chi connectivity index (χ4n) is 11.4. The third-order valence-corrected chi connectivity index (χ3v) is 14.0. The molecule has 2 aromatic rings. The second-order valence-electron chi connectivity index (χ2n) is 16.5. The summed E-state index contributed by atoms with van der Waals surface area (Å²) >= 11 is 6.14. The molecule has 10 atom stereocenters. The minimum absolute atomic E-state index is 0.0113. The molecule has 1 aromatic heterocycles. The van der Waals surface area contributed by atoms with Gasteiger partial charge in [-0.2, -0.15) is 0 Å². The first kappa shape index (κ1) is 37.1. The van der Waals surface area contributed by atoms with Crippen molar-refractivity contribution in [2.45, 2.75) is 117 Å². The number of hydrogen-bond donors (Lipinski definition) is 2. The van der Waals surface area contributed by atoms with E-state index < -0.39 is 0 Å². The van der Waals surface area contributed by atoms with Gasteiger partial charge in [0, 0.05) is 66.9 Å². The van der Waals surface area contributed by atoms with E-state index in [1.54, 1.807) is 6.92 Å². The highest BCUT2D eigenvalue weighted by atomic mass is 35.5. The van der Waals surface area contributed by atoms with Crippen LogP contribution in [0.5, 0.6) is 0 Å². The number of rotatable bonds is 13. The Morgan fingerprint density at radius 2 is 1.76 bits per heavy atom. The quantitative estimate of drug-likeness (QED) is 0.158. The van der Waals surface area contributed by atoms with Gasteiger partial charge >= 0.3 is 11.9 Å². The highest BCUT2D eigenvalue weighted by molar-refractivity contribution is 6.31. The van der Waals surface area contributed by atoms with Crippen molar-refractivity contribution in [3.8, 4) is 0 Å². The van der Waals surface area contributed by atoms with Crippen LogP contribution in [-0.4, -0.2) is 54.5 Å². The summed E-state index contributed by atoms with van der Waals surface area (Å²) in [6.07, 6.45) is 11.7. The SMILES string of the molecule is CC(=O)O[C@H]1CC2C(C3CC[C@H](C(C)CCCNCCCCNc4ccnc5cc(Cl)ccc45)[C@]31C)[C@H](OC(C)=O)C[C@@H]1CC(=O)CC[C@]21C. The molecule has 0 bridgehead atoms. The lowest BCUT2D eigenvalue weighted by Crippen LogP contribution is -2.63. The van der Waals surface area contributed by atoms with Gasteiger partial charge in [0.2, 0.25) is 0 Å². The van der Waals surface area contributed by atoms with Crippen LogP contribution in [0.15, 0.2) is 30.5 Å². The number of carbonyl (C=O) groups is 3. The van der Waals surface area contributed by atoms with E-state index in [-0.39, 0.29) is 52.7 Å². The number of ether oxygens (including phenoxy) is 2. The molecule has 0 aliphatic heterocycles. The van der Waals surface area contributed by atoms with Crippen molar-refractivity contribution in [1.29, 1.82) is 0 Å². The topological polar surface area (TPSA) is 107 Å². The lowest BCUT2D eigenvalue weighted by molar-refractivity contribution is -0.219. The van der Waals surface area contributed by atoms with E-state index in [1.807, 2.05) is 30.5 Å². The number of benzene rings is 1. The van der Waals surface area contributed by atoms with Gasteiger partial charge in [0.15, 0.2) is 0 Å². The number of pyridine rings is 1. The minimum atomic E-state index is -0.233. The van der Waals surface area contributed by atoms with Crippen LogP contribution < -0.4 is 10.6 Å². The van der Waals surface area contributed by atoms with E-state index in [2.05, 4.69) is 36.4 Å². The van der Waals surface area contributed by atoms with Crippen molar-refractivity contribution in [2.75, 3.05) is 25.0 Å². The Balaban J connectivity index is 1.03.